The van der Waals surface area contributed by atoms with Gasteiger partial charge in [-0.2, -0.15) is 0 Å². The first-order valence-electron chi connectivity index (χ1n) is 7.77. The second kappa shape index (κ2) is 6.83. The van der Waals surface area contributed by atoms with E-state index < -0.39 is 10.0 Å². The van der Waals surface area contributed by atoms with Crippen molar-refractivity contribution in [3.05, 3.63) is 64.7 Å². The molecule has 0 spiro atoms. The highest BCUT2D eigenvalue weighted by Crippen LogP contribution is 2.24. The molecule has 2 aromatic carbocycles. The minimum Gasteiger partial charge on any atom is -0.380 e. The molecule has 3 rings (SSSR count). The van der Waals surface area contributed by atoms with Gasteiger partial charge in [0.15, 0.2) is 0 Å². The molecular weight excluding hydrogens is 310 g/mol. The molecular formula is C18H21NO3S. The van der Waals surface area contributed by atoms with Gasteiger partial charge in [-0.3, -0.25) is 0 Å². The molecule has 1 aliphatic rings. The quantitative estimate of drug-likeness (QED) is 0.885. The minimum atomic E-state index is -3.49. The lowest BCUT2D eigenvalue weighted by Crippen LogP contribution is -2.23. The van der Waals surface area contributed by atoms with Crippen LogP contribution in [0.4, 0.5) is 0 Å². The number of hydrogen-bond donors (Lipinski definition) is 1. The Morgan fingerprint density at radius 1 is 1.04 bits per heavy atom. The number of sulfonamides is 1. The molecule has 0 fully saturated rings. The summed E-state index contributed by atoms with van der Waals surface area (Å²) in [5.41, 5.74) is 4.39. The van der Waals surface area contributed by atoms with Crippen molar-refractivity contribution in [2.75, 3.05) is 7.11 Å². The van der Waals surface area contributed by atoms with Crippen molar-refractivity contribution >= 4 is 10.0 Å². The first-order chi connectivity index (χ1) is 11.1. The molecule has 0 saturated heterocycles. The van der Waals surface area contributed by atoms with Crippen LogP contribution in [0, 0.1) is 0 Å². The van der Waals surface area contributed by atoms with E-state index in [1.54, 1.807) is 13.2 Å². The van der Waals surface area contributed by atoms with Gasteiger partial charge in [-0.1, -0.05) is 30.3 Å². The van der Waals surface area contributed by atoms with E-state index in [1.165, 1.54) is 5.56 Å². The highest BCUT2D eigenvalue weighted by molar-refractivity contribution is 7.89. The molecule has 0 amide bonds. The van der Waals surface area contributed by atoms with E-state index in [1.807, 2.05) is 36.4 Å². The van der Waals surface area contributed by atoms with Gasteiger partial charge in [0.05, 0.1) is 11.5 Å². The third-order valence-corrected chi connectivity index (χ3v) is 5.55. The Morgan fingerprint density at radius 2 is 1.83 bits per heavy atom. The predicted octanol–water partition coefficient (Wildman–Crippen LogP) is 2.80. The highest BCUT2D eigenvalue weighted by atomic mass is 32.2. The van der Waals surface area contributed by atoms with Crippen LogP contribution in [0.5, 0.6) is 0 Å². The third kappa shape index (κ3) is 3.80. The van der Waals surface area contributed by atoms with E-state index in [-0.39, 0.29) is 6.54 Å². The zero-order valence-electron chi connectivity index (χ0n) is 13.2. The van der Waals surface area contributed by atoms with Crippen LogP contribution in [0.3, 0.4) is 0 Å². The van der Waals surface area contributed by atoms with Crippen molar-refractivity contribution in [3.8, 4) is 0 Å². The average Bonchev–Trinajstić information content (AvgIpc) is 3.01. The standard InChI is InChI=1S/C18H21NO3S/c1-22-13-15-5-2-4-14(10-15)12-19-23(20,21)18-9-8-16-6-3-7-17(16)11-18/h2,4-5,8-11,19H,3,6-7,12-13H2,1H3. The minimum absolute atomic E-state index is 0.275. The number of hydrogen-bond acceptors (Lipinski definition) is 3. The van der Waals surface area contributed by atoms with Gasteiger partial charge in [-0.15, -0.1) is 0 Å². The van der Waals surface area contributed by atoms with Gasteiger partial charge in [0.1, 0.15) is 0 Å². The molecule has 0 unspecified atom stereocenters. The lowest BCUT2D eigenvalue weighted by atomic mass is 10.1. The Balaban J connectivity index is 1.73. The SMILES string of the molecule is COCc1cccc(CNS(=O)(=O)c2ccc3c(c2)CCC3)c1. The maximum atomic E-state index is 12.5. The van der Waals surface area contributed by atoms with E-state index in [0.29, 0.717) is 11.5 Å². The van der Waals surface area contributed by atoms with Crippen molar-refractivity contribution < 1.29 is 13.2 Å². The first kappa shape index (κ1) is 16.2. The normalized spacial score (nSPS) is 14.0. The number of methoxy groups -OCH3 is 1. The summed E-state index contributed by atoms with van der Waals surface area (Å²) in [6.45, 7) is 0.794. The Labute approximate surface area is 137 Å². The molecule has 4 nitrogen and oxygen atoms in total. The van der Waals surface area contributed by atoms with Crippen molar-refractivity contribution in [1.82, 2.24) is 4.72 Å². The number of rotatable bonds is 6. The molecule has 2 aromatic rings. The third-order valence-electron chi connectivity index (χ3n) is 4.15. The lowest BCUT2D eigenvalue weighted by molar-refractivity contribution is 0.185. The summed E-state index contributed by atoms with van der Waals surface area (Å²) in [5.74, 6) is 0. The molecule has 0 radical (unpaired) electrons. The van der Waals surface area contributed by atoms with Gasteiger partial charge in [-0.25, -0.2) is 13.1 Å². The second-order valence-corrected chi connectivity index (χ2v) is 7.63. The summed E-state index contributed by atoms with van der Waals surface area (Å²) in [5, 5.41) is 0. The summed E-state index contributed by atoms with van der Waals surface area (Å²) < 4.78 is 32.7. The molecule has 23 heavy (non-hydrogen) atoms. The van der Waals surface area contributed by atoms with Gasteiger partial charge < -0.3 is 4.74 Å². The van der Waals surface area contributed by atoms with Gasteiger partial charge >= 0.3 is 0 Å². The number of nitrogens with one attached hydrogen (secondary N) is 1. The van der Waals surface area contributed by atoms with Crippen LogP contribution in [0.15, 0.2) is 47.4 Å². The monoisotopic (exact) mass is 331 g/mol. The topological polar surface area (TPSA) is 55.4 Å². The number of fused-ring (bicyclic) bond motifs is 1. The molecule has 122 valence electrons. The Morgan fingerprint density at radius 3 is 2.65 bits per heavy atom. The van der Waals surface area contributed by atoms with Crippen LogP contribution in [-0.2, 0) is 40.8 Å². The Bertz CT molecular complexity index is 800. The maximum absolute atomic E-state index is 12.5. The average molecular weight is 331 g/mol. The Hall–Kier alpha value is -1.69. The largest absolute Gasteiger partial charge is 0.380 e. The van der Waals surface area contributed by atoms with Crippen molar-refractivity contribution in [2.24, 2.45) is 0 Å². The molecule has 1 N–H and O–H groups in total. The van der Waals surface area contributed by atoms with Crippen LogP contribution in [0.25, 0.3) is 0 Å². The van der Waals surface area contributed by atoms with Crippen LogP contribution < -0.4 is 4.72 Å². The summed E-state index contributed by atoms with van der Waals surface area (Å²) in [6.07, 6.45) is 3.13. The fourth-order valence-corrected chi connectivity index (χ4v) is 4.04. The van der Waals surface area contributed by atoms with E-state index >= 15 is 0 Å². The highest BCUT2D eigenvalue weighted by Gasteiger charge is 2.18. The molecule has 0 bridgehead atoms. The number of benzene rings is 2. The summed E-state index contributed by atoms with van der Waals surface area (Å²) in [6, 6.07) is 13.2. The zero-order valence-corrected chi connectivity index (χ0v) is 14.0. The van der Waals surface area contributed by atoms with Crippen molar-refractivity contribution in [1.29, 1.82) is 0 Å². The molecule has 0 aliphatic heterocycles. The maximum Gasteiger partial charge on any atom is 0.240 e. The second-order valence-electron chi connectivity index (χ2n) is 5.86. The van der Waals surface area contributed by atoms with Crippen LogP contribution >= 0.6 is 0 Å². The van der Waals surface area contributed by atoms with Gasteiger partial charge in [0.25, 0.3) is 0 Å². The van der Waals surface area contributed by atoms with Crippen molar-refractivity contribution in [2.45, 2.75) is 37.3 Å². The van der Waals surface area contributed by atoms with Crippen molar-refractivity contribution in [3.63, 3.8) is 0 Å². The van der Waals surface area contributed by atoms with E-state index in [0.717, 1.165) is 36.0 Å². The van der Waals surface area contributed by atoms with E-state index in [9.17, 15) is 8.42 Å². The first-order valence-corrected chi connectivity index (χ1v) is 9.25. The zero-order chi connectivity index (χ0) is 16.3. The summed E-state index contributed by atoms with van der Waals surface area (Å²) in [4.78, 5) is 0.353. The molecule has 5 heteroatoms. The van der Waals surface area contributed by atoms with Crippen LogP contribution in [0.2, 0.25) is 0 Å². The number of aryl methyl sites for hydroxylation is 2. The van der Waals surface area contributed by atoms with Gasteiger partial charge in [-0.05, 0) is 53.6 Å². The lowest BCUT2D eigenvalue weighted by Gasteiger charge is -2.09. The van der Waals surface area contributed by atoms with Crippen LogP contribution in [-0.4, -0.2) is 15.5 Å². The molecule has 0 atom stereocenters. The van der Waals surface area contributed by atoms with E-state index in [4.69, 9.17) is 4.74 Å². The predicted molar refractivity (Wildman–Crippen MR) is 89.6 cm³/mol. The fraction of sp³-hybridized carbons (Fsp3) is 0.333. The fourth-order valence-electron chi connectivity index (χ4n) is 2.97. The molecule has 0 saturated carbocycles. The van der Waals surface area contributed by atoms with Gasteiger partial charge in [0.2, 0.25) is 10.0 Å². The smallest absolute Gasteiger partial charge is 0.240 e. The van der Waals surface area contributed by atoms with E-state index in [2.05, 4.69) is 4.72 Å². The molecule has 1 aliphatic carbocycles. The summed E-state index contributed by atoms with van der Waals surface area (Å²) in [7, 11) is -1.84. The Kier molecular flexibility index (Phi) is 4.80. The van der Waals surface area contributed by atoms with Gasteiger partial charge in [0, 0.05) is 13.7 Å². The molecule has 0 aromatic heterocycles. The van der Waals surface area contributed by atoms with Crippen LogP contribution in [0.1, 0.15) is 28.7 Å². The molecule has 0 heterocycles. The summed E-state index contributed by atoms with van der Waals surface area (Å²) >= 11 is 0. The number of ether oxygens (including phenoxy) is 1.